The predicted molar refractivity (Wildman–Crippen MR) is 194 cm³/mol. The van der Waals surface area contributed by atoms with Crippen LogP contribution in [-0.2, 0) is 75.0 Å². The smallest absolute Gasteiger partial charge is 0.303 e. The second-order valence-corrected chi connectivity index (χ2v) is 14.7. The Bertz CT molecular complexity index is 1550. The molecule has 2 aromatic rings. The van der Waals surface area contributed by atoms with Gasteiger partial charge in [-0.05, 0) is 18.1 Å². The van der Waals surface area contributed by atoms with Gasteiger partial charge in [-0.2, -0.15) is 0 Å². The van der Waals surface area contributed by atoms with Crippen LogP contribution >= 0.6 is 34.8 Å². The monoisotopic (exact) mass is 815 g/mol. The van der Waals surface area contributed by atoms with Crippen molar-refractivity contribution < 1.29 is 61.8 Å². The normalized spacial score (nSPS) is 28.4. The molecule has 0 spiro atoms. The predicted octanol–water partition coefficient (Wildman–Crippen LogP) is 4.50. The third-order valence-electron chi connectivity index (χ3n) is 8.22. The SMILES string of the molecule is C=CCOC1O[C@@H](C)[C@H](OCc2ccccc2)[C@@H](OCc2ccccc2)[C@H]1O[C@@H]1O[C@H](COC(C)=O)[C@@H](OC(C)=O)[C@H](OC(C)=O)[C@H]1NC(=O)C(Cl)(Cl)Cl. The molecule has 0 aliphatic carbocycles. The van der Waals surface area contributed by atoms with Crippen molar-refractivity contribution in [3.8, 4) is 0 Å². The number of benzene rings is 2. The van der Waals surface area contributed by atoms with Gasteiger partial charge >= 0.3 is 17.9 Å². The zero-order valence-corrected chi connectivity index (χ0v) is 32.4. The summed E-state index contributed by atoms with van der Waals surface area (Å²) < 4.78 is 52.3. The fourth-order valence-electron chi connectivity index (χ4n) is 5.93. The van der Waals surface area contributed by atoms with E-state index in [4.69, 9.17) is 77.4 Å². The average Bonchev–Trinajstić information content (AvgIpc) is 3.11. The second kappa shape index (κ2) is 20.6. The molecule has 10 atom stereocenters. The highest BCUT2D eigenvalue weighted by Gasteiger charge is 2.56. The zero-order valence-electron chi connectivity index (χ0n) is 30.1. The Kier molecular flexibility index (Phi) is 16.5. The highest BCUT2D eigenvalue weighted by atomic mass is 35.6. The van der Waals surface area contributed by atoms with Gasteiger partial charge in [0.05, 0.1) is 25.9 Å². The first-order valence-electron chi connectivity index (χ1n) is 17.0. The molecule has 14 nitrogen and oxygen atoms in total. The number of halogens is 3. The Balaban J connectivity index is 1.81. The van der Waals surface area contributed by atoms with Crippen LogP contribution in [0.15, 0.2) is 73.3 Å². The van der Waals surface area contributed by atoms with Gasteiger partial charge in [0.25, 0.3) is 9.70 Å². The highest BCUT2D eigenvalue weighted by Crippen LogP contribution is 2.36. The molecule has 1 N–H and O–H groups in total. The maximum absolute atomic E-state index is 13.2. The first-order valence-corrected chi connectivity index (χ1v) is 18.2. The van der Waals surface area contributed by atoms with E-state index in [-0.39, 0.29) is 19.8 Å². The summed E-state index contributed by atoms with van der Waals surface area (Å²) in [5.74, 6) is -3.48. The molecule has 0 bridgehead atoms. The molecular weight excluding hydrogens is 773 g/mol. The van der Waals surface area contributed by atoms with E-state index in [0.717, 1.165) is 31.9 Å². The molecule has 2 saturated heterocycles. The Morgan fingerprint density at radius 2 is 1.30 bits per heavy atom. The highest BCUT2D eigenvalue weighted by molar-refractivity contribution is 6.76. The molecule has 0 saturated carbocycles. The van der Waals surface area contributed by atoms with Crippen molar-refractivity contribution in [1.82, 2.24) is 5.32 Å². The minimum Gasteiger partial charge on any atom is -0.463 e. The molecule has 2 heterocycles. The van der Waals surface area contributed by atoms with Gasteiger partial charge in [-0.3, -0.25) is 19.2 Å². The largest absolute Gasteiger partial charge is 0.463 e. The number of alkyl halides is 3. The summed E-state index contributed by atoms with van der Waals surface area (Å²) in [4.78, 5) is 50.0. The number of carbonyl (C=O) groups excluding carboxylic acids is 4. The van der Waals surface area contributed by atoms with Gasteiger partial charge in [0, 0.05) is 20.8 Å². The fourth-order valence-corrected chi connectivity index (χ4v) is 6.09. The lowest BCUT2D eigenvalue weighted by molar-refractivity contribution is -0.359. The van der Waals surface area contributed by atoms with Crippen LogP contribution in [0, 0.1) is 0 Å². The minimum atomic E-state index is -2.51. The van der Waals surface area contributed by atoms with E-state index in [9.17, 15) is 19.2 Å². The number of hydrogen-bond donors (Lipinski definition) is 1. The molecule has 17 heteroatoms. The van der Waals surface area contributed by atoms with Gasteiger partial charge in [0.2, 0.25) is 0 Å². The molecular formula is C37H44Cl3NO13. The Hall–Kier alpha value is -3.31. The van der Waals surface area contributed by atoms with Crippen LogP contribution in [0.5, 0.6) is 0 Å². The standard InChI is InChI=1S/C37H44Cl3NO13/c1-6-17-46-35-33(32(49-19-26-15-11-8-12-16-26)29(21(2)50-35)48-18-25-13-9-7-10-14-25)54-34-28(41-36(45)37(38,39)40)31(52-24(5)44)30(51-23(4)43)27(53-34)20-47-22(3)42/h6-16,21,27-35H,1,17-20H2,2-5H3,(H,41,45)/t21-,27+,28+,29-,30+,31+,32+,33+,34-,35?/m0/s1. The van der Waals surface area contributed by atoms with E-state index in [1.807, 2.05) is 60.7 Å². The van der Waals surface area contributed by atoms with Crippen molar-refractivity contribution in [3.05, 3.63) is 84.4 Å². The summed E-state index contributed by atoms with van der Waals surface area (Å²) in [7, 11) is 0. The third kappa shape index (κ3) is 12.6. The van der Waals surface area contributed by atoms with E-state index in [1.54, 1.807) is 6.92 Å². The van der Waals surface area contributed by atoms with Crippen molar-refractivity contribution in [2.24, 2.45) is 0 Å². The molecule has 2 aromatic carbocycles. The maximum atomic E-state index is 13.2. The second-order valence-electron chi connectivity index (χ2n) is 12.4. The van der Waals surface area contributed by atoms with E-state index in [1.165, 1.54) is 6.08 Å². The van der Waals surface area contributed by atoms with Gasteiger partial charge in [0.15, 0.2) is 24.8 Å². The van der Waals surface area contributed by atoms with E-state index < -0.39 is 95.6 Å². The number of hydrogen-bond acceptors (Lipinski definition) is 13. The molecule has 0 aromatic heterocycles. The van der Waals surface area contributed by atoms with Crippen molar-refractivity contribution in [2.45, 2.75) is 106 Å². The number of esters is 3. The summed E-state index contributed by atoms with van der Waals surface area (Å²) in [6.07, 6.45) is -9.11. The maximum Gasteiger partial charge on any atom is 0.303 e. The van der Waals surface area contributed by atoms with Crippen molar-refractivity contribution in [3.63, 3.8) is 0 Å². The molecule has 54 heavy (non-hydrogen) atoms. The molecule has 2 aliphatic heterocycles. The Morgan fingerprint density at radius 3 is 1.81 bits per heavy atom. The minimum absolute atomic E-state index is 0.0246. The summed E-state index contributed by atoms with van der Waals surface area (Å²) in [5, 5.41) is 2.51. The number of rotatable bonds is 16. The van der Waals surface area contributed by atoms with Gasteiger partial charge in [0.1, 0.15) is 37.1 Å². The van der Waals surface area contributed by atoms with Crippen LogP contribution in [0.1, 0.15) is 38.8 Å². The van der Waals surface area contributed by atoms with Crippen LogP contribution in [0.25, 0.3) is 0 Å². The number of ether oxygens (including phenoxy) is 9. The molecule has 1 amide bonds. The summed E-state index contributed by atoms with van der Waals surface area (Å²) in [5.41, 5.74) is 1.72. The van der Waals surface area contributed by atoms with Crippen molar-refractivity contribution >= 4 is 58.6 Å². The third-order valence-corrected chi connectivity index (χ3v) is 8.74. The molecule has 1 unspecified atom stereocenters. The van der Waals surface area contributed by atoms with Gasteiger partial charge in [-0.15, -0.1) is 6.58 Å². The summed E-state index contributed by atoms with van der Waals surface area (Å²) >= 11 is 17.9. The quantitative estimate of drug-likeness (QED) is 0.109. The van der Waals surface area contributed by atoms with Crippen LogP contribution in [-0.4, -0.2) is 102 Å². The van der Waals surface area contributed by atoms with Crippen LogP contribution in [0.2, 0.25) is 0 Å². The first kappa shape index (κ1) is 43.4. The van der Waals surface area contributed by atoms with Crippen molar-refractivity contribution in [1.29, 1.82) is 0 Å². The zero-order chi connectivity index (χ0) is 39.4. The number of amides is 1. The Labute approximate surface area is 328 Å². The van der Waals surface area contributed by atoms with E-state index >= 15 is 0 Å². The number of nitrogens with one attached hydrogen (secondary N) is 1. The lowest BCUT2D eigenvalue weighted by Gasteiger charge is -2.49. The average molecular weight is 817 g/mol. The van der Waals surface area contributed by atoms with Crippen LogP contribution in [0.4, 0.5) is 0 Å². The molecule has 4 rings (SSSR count). The fraction of sp³-hybridized carbons (Fsp3) is 0.514. The van der Waals surface area contributed by atoms with Crippen molar-refractivity contribution in [2.75, 3.05) is 13.2 Å². The van der Waals surface area contributed by atoms with E-state index in [0.29, 0.717) is 0 Å². The Morgan fingerprint density at radius 1 is 0.741 bits per heavy atom. The first-order chi connectivity index (χ1) is 25.7. The lowest BCUT2D eigenvalue weighted by Crippen LogP contribution is -2.69. The molecule has 2 aliphatic rings. The van der Waals surface area contributed by atoms with Gasteiger partial charge in [-0.25, -0.2) is 0 Å². The molecule has 296 valence electrons. The van der Waals surface area contributed by atoms with Gasteiger partial charge in [-0.1, -0.05) is 102 Å². The molecule has 2 fully saturated rings. The van der Waals surface area contributed by atoms with Gasteiger partial charge < -0.3 is 47.9 Å². The van der Waals surface area contributed by atoms with Crippen LogP contribution in [0.3, 0.4) is 0 Å². The topological polar surface area (TPSA) is 163 Å². The summed E-state index contributed by atoms with van der Waals surface area (Å²) in [6.45, 7) is 8.74. The molecule has 0 radical (unpaired) electrons. The van der Waals surface area contributed by atoms with Crippen LogP contribution < -0.4 is 5.32 Å². The lowest BCUT2D eigenvalue weighted by atomic mass is 9.95. The number of carbonyl (C=O) groups is 4. The van der Waals surface area contributed by atoms with E-state index in [2.05, 4.69) is 11.9 Å². The summed E-state index contributed by atoms with van der Waals surface area (Å²) in [6, 6.07) is 17.3.